The zero-order valence-electron chi connectivity index (χ0n) is 14.8. The Balaban J connectivity index is 1.79. The Hall–Kier alpha value is -1.00. The third-order valence-corrected chi connectivity index (χ3v) is 5.82. The van der Waals surface area contributed by atoms with Gasteiger partial charge in [0.15, 0.2) is 0 Å². The molecule has 3 atom stereocenters. The lowest BCUT2D eigenvalue weighted by atomic mass is 9.78. The predicted molar refractivity (Wildman–Crippen MR) is 98.7 cm³/mol. The zero-order valence-corrected chi connectivity index (χ0v) is 15.7. The van der Waals surface area contributed by atoms with E-state index in [1.54, 1.807) is 11.8 Å². The number of benzene rings is 1. The minimum atomic E-state index is 0.152. The fourth-order valence-electron chi connectivity index (χ4n) is 3.38. The van der Waals surface area contributed by atoms with E-state index in [0.717, 1.165) is 13.0 Å². The van der Waals surface area contributed by atoms with Crippen molar-refractivity contribution in [1.29, 1.82) is 0 Å². The summed E-state index contributed by atoms with van der Waals surface area (Å²) in [6, 6.07) is 8.91. The van der Waals surface area contributed by atoms with Crippen LogP contribution in [0.1, 0.15) is 38.7 Å². The van der Waals surface area contributed by atoms with Crippen LogP contribution in [-0.2, 0) is 11.3 Å². The number of nitrogens with one attached hydrogen (secondary N) is 1. The summed E-state index contributed by atoms with van der Waals surface area (Å²) < 4.78 is 0. The van der Waals surface area contributed by atoms with Crippen LogP contribution < -0.4 is 5.32 Å². The van der Waals surface area contributed by atoms with E-state index in [-0.39, 0.29) is 5.91 Å². The third-order valence-electron chi connectivity index (χ3n) is 5.08. The second kappa shape index (κ2) is 8.74. The van der Waals surface area contributed by atoms with E-state index in [1.807, 2.05) is 7.05 Å². The summed E-state index contributed by atoms with van der Waals surface area (Å²) in [5.74, 6) is 1.44. The molecule has 0 unspecified atom stereocenters. The standard InChI is InChI=1S/C19H30N2OS/c1-14-6-5-7-18(15(14)2)20-19(22)13-21(3)12-16-8-10-17(23-4)11-9-16/h8-11,14-15,18H,5-7,12-13H2,1-4H3,(H,20,22)/t14-,15+,18-/m1/s1. The van der Waals surface area contributed by atoms with Gasteiger partial charge in [-0.1, -0.05) is 38.8 Å². The third kappa shape index (κ3) is 5.54. The van der Waals surface area contributed by atoms with Crippen LogP contribution in [-0.4, -0.2) is 36.7 Å². The molecule has 0 spiro atoms. The van der Waals surface area contributed by atoms with Gasteiger partial charge in [0.1, 0.15) is 0 Å². The molecule has 1 saturated carbocycles. The van der Waals surface area contributed by atoms with Gasteiger partial charge in [0, 0.05) is 17.5 Å². The highest BCUT2D eigenvalue weighted by molar-refractivity contribution is 7.98. The van der Waals surface area contributed by atoms with Gasteiger partial charge in [0.2, 0.25) is 5.91 Å². The van der Waals surface area contributed by atoms with Gasteiger partial charge >= 0.3 is 0 Å². The Labute approximate surface area is 145 Å². The molecule has 1 fully saturated rings. The summed E-state index contributed by atoms with van der Waals surface area (Å²) >= 11 is 1.75. The van der Waals surface area contributed by atoms with Gasteiger partial charge in [0.05, 0.1) is 6.54 Å². The van der Waals surface area contributed by atoms with E-state index >= 15 is 0 Å². The molecule has 23 heavy (non-hydrogen) atoms. The first-order valence-electron chi connectivity index (χ1n) is 8.60. The summed E-state index contributed by atoms with van der Waals surface area (Å²) in [5, 5.41) is 3.25. The van der Waals surface area contributed by atoms with Crippen molar-refractivity contribution >= 4 is 17.7 Å². The molecule has 0 saturated heterocycles. The van der Waals surface area contributed by atoms with Crippen LogP contribution in [0.5, 0.6) is 0 Å². The number of amides is 1. The number of carbonyl (C=O) groups is 1. The molecule has 0 heterocycles. The lowest BCUT2D eigenvalue weighted by Crippen LogP contribution is -2.46. The average molecular weight is 335 g/mol. The fraction of sp³-hybridized carbons (Fsp3) is 0.632. The quantitative estimate of drug-likeness (QED) is 0.804. The maximum Gasteiger partial charge on any atom is 0.234 e. The average Bonchev–Trinajstić information content (AvgIpc) is 2.52. The maximum absolute atomic E-state index is 12.3. The summed E-state index contributed by atoms with van der Waals surface area (Å²) in [4.78, 5) is 15.7. The first-order valence-corrected chi connectivity index (χ1v) is 9.83. The molecule has 1 aliphatic rings. The lowest BCUT2D eigenvalue weighted by Gasteiger charge is -2.35. The molecule has 3 nitrogen and oxygen atoms in total. The minimum absolute atomic E-state index is 0.152. The van der Waals surface area contributed by atoms with Gasteiger partial charge in [-0.2, -0.15) is 0 Å². The van der Waals surface area contributed by atoms with Crippen LogP contribution in [0.3, 0.4) is 0 Å². The molecule has 0 bridgehead atoms. The predicted octanol–water partition coefficient (Wildman–Crippen LogP) is 3.78. The van der Waals surface area contributed by atoms with E-state index in [4.69, 9.17) is 0 Å². The molecule has 1 aromatic carbocycles. The van der Waals surface area contributed by atoms with E-state index in [9.17, 15) is 4.79 Å². The van der Waals surface area contributed by atoms with Gasteiger partial charge in [-0.25, -0.2) is 0 Å². The summed E-state index contributed by atoms with van der Waals surface area (Å²) in [6.07, 6.45) is 5.73. The van der Waals surface area contributed by atoms with Gasteiger partial charge in [0.25, 0.3) is 0 Å². The van der Waals surface area contributed by atoms with Crippen LogP contribution in [0.25, 0.3) is 0 Å². The van der Waals surface area contributed by atoms with Crippen molar-refractivity contribution in [2.75, 3.05) is 19.8 Å². The molecular weight excluding hydrogens is 304 g/mol. The Kier molecular flexibility index (Phi) is 6.97. The highest BCUT2D eigenvalue weighted by Gasteiger charge is 2.28. The molecular formula is C19H30N2OS. The van der Waals surface area contributed by atoms with E-state index in [2.05, 4.69) is 54.6 Å². The number of nitrogens with zero attached hydrogens (tertiary/aromatic N) is 1. The fourth-order valence-corrected chi connectivity index (χ4v) is 3.79. The Morgan fingerprint density at radius 3 is 2.61 bits per heavy atom. The zero-order chi connectivity index (χ0) is 16.8. The molecule has 1 aliphatic carbocycles. The molecule has 0 radical (unpaired) electrons. The van der Waals surface area contributed by atoms with Crippen LogP contribution in [0.15, 0.2) is 29.2 Å². The molecule has 2 rings (SSSR count). The van der Waals surface area contributed by atoms with Gasteiger partial charge in [-0.15, -0.1) is 11.8 Å². The number of likely N-dealkylation sites (N-methyl/N-ethyl adjacent to an activating group) is 1. The first-order chi connectivity index (χ1) is 11.0. The molecule has 0 aliphatic heterocycles. The van der Waals surface area contributed by atoms with Crippen molar-refractivity contribution in [2.24, 2.45) is 11.8 Å². The normalized spacial score (nSPS) is 24.7. The van der Waals surface area contributed by atoms with Crippen molar-refractivity contribution in [3.8, 4) is 0 Å². The second-order valence-corrected chi connectivity index (χ2v) is 7.84. The van der Waals surface area contributed by atoms with Gasteiger partial charge in [-0.05, 0) is 49.3 Å². The molecule has 1 aromatic rings. The van der Waals surface area contributed by atoms with E-state index in [0.29, 0.717) is 24.4 Å². The Bertz CT molecular complexity index is 503. The SMILES string of the molecule is CSc1ccc(CN(C)CC(=O)N[C@@H]2CCC[C@@H](C)[C@@H]2C)cc1. The number of hydrogen-bond acceptors (Lipinski definition) is 3. The number of thioether (sulfide) groups is 1. The van der Waals surface area contributed by atoms with Crippen molar-refractivity contribution in [3.05, 3.63) is 29.8 Å². The molecule has 0 aromatic heterocycles. The van der Waals surface area contributed by atoms with Gasteiger partial charge in [-0.3, -0.25) is 9.69 Å². The topological polar surface area (TPSA) is 32.3 Å². The van der Waals surface area contributed by atoms with Crippen LogP contribution >= 0.6 is 11.8 Å². The van der Waals surface area contributed by atoms with Gasteiger partial charge < -0.3 is 5.32 Å². The van der Waals surface area contributed by atoms with Crippen LogP contribution in [0.2, 0.25) is 0 Å². The van der Waals surface area contributed by atoms with Crippen molar-refractivity contribution in [2.45, 2.75) is 50.6 Å². The summed E-state index contributed by atoms with van der Waals surface area (Å²) in [6.45, 7) is 5.83. The Morgan fingerprint density at radius 1 is 1.26 bits per heavy atom. The number of carbonyl (C=O) groups excluding carboxylic acids is 1. The highest BCUT2D eigenvalue weighted by atomic mass is 32.2. The second-order valence-electron chi connectivity index (χ2n) is 6.96. The highest BCUT2D eigenvalue weighted by Crippen LogP contribution is 2.29. The van der Waals surface area contributed by atoms with E-state index < -0.39 is 0 Å². The van der Waals surface area contributed by atoms with E-state index in [1.165, 1.54) is 23.3 Å². The first kappa shape index (κ1) is 18.3. The number of hydrogen-bond donors (Lipinski definition) is 1. The Morgan fingerprint density at radius 2 is 1.96 bits per heavy atom. The van der Waals surface area contributed by atoms with Crippen molar-refractivity contribution in [3.63, 3.8) is 0 Å². The van der Waals surface area contributed by atoms with Crippen molar-refractivity contribution < 1.29 is 4.79 Å². The molecule has 4 heteroatoms. The van der Waals surface area contributed by atoms with Crippen LogP contribution in [0, 0.1) is 11.8 Å². The van der Waals surface area contributed by atoms with Crippen LogP contribution in [0.4, 0.5) is 0 Å². The monoisotopic (exact) mass is 334 g/mol. The lowest BCUT2D eigenvalue weighted by molar-refractivity contribution is -0.123. The summed E-state index contributed by atoms with van der Waals surface area (Å²) in [7, 11) is 2.01. The smallest absolute Gasteiger partial charge is 0.234 e. The largest absolute Gasteiger partial charge is 0.352 e. The molecule has 1 amide bonds. The van der Waals surface area contributed by atoms with Crippen molar-refractivity contribution in [1.82, 2.24) is 10.2 Å². The molecule has 1 N–H and O–H groups in total. The summed E-state index contributed by atoms with van der Waals surface area (Å²) in [5.41, 5.74) is 1.25. The molecule has 128 valence electrons. The minimum Gasteiger partial charge on any atom is -0.352 e. The maximum atomic E-state index is 12.3. The number of rotatable bonds is 6.